The first-order valence-corrected chi connectivity index (χ1v) is 6.82. The molecule has 1 atom stereocenters. The molecule has 17 heavy (non-hydrogen) atoms. The first-order valence-electron chi connectivity index (χ1n) is 6.82. The number of benzene rings is 1. The summed E-state index contributed by atoms with van der Waals surface area (Å²) in [5.74, 6) is 0. The molecule has 0 saturated carbocycles. The second-order valence-corrected chi connectivity index (χ2v) is 5.05. The van der Waals surface area contributed by atoms with E-state index in [1.807, 2.05) is 0 Å². The van der Waals surface area contributed by atoms with E-state index >= 15 is 0 Å². The van der Waals surface area contributed by atoms with Crippen molar-refractivity contribution < 1.29 is 0 Å². The Balaban J connectivity index is 2.16. The fourth-order valence-corrected chi connectivity index (χ4v) is 2.86. The molecule has 2 heteroatoms. The standard InChI is InChI=1S/C15H24N2/c1-13-7-2-3-8-14(13)15(9-6-10-16)17-11-4-5-12-17/h2-3,7-8,15H,4-6,9-12,16H2,1H3. The monoisotopic (exact) mass is 232 g/mol. The fraction of sp³-hybridized carbons (Fsp3) is 0.600. The van der Waals surface area contributed by atoms with E-state index in [9.17, 15) is 0 Å². The van der Waals surface area contributed by atoms with Crippen LogP contribution in [-0.2, 0) is 0 Å². The maximum atomic E-state index is 5.67. The molecule has 0 bridgehead atoms. The van der Waals surface area contributed by atoms with Gasteiger partial charge in [0.1, 0.15) is 0 Å². The van der Waals surface area contributed by atoms with E-state index in [0.29, 0.717) is 6.04 Å². The molecule has 1 heterocycles. The maximum absolute atomic E-state index is 5.67. The van der Waals surface area contributed by atoms with Gasteiger partial charge in [-0.1, -0.05) is 24.3 Å². The molecule has 2 rings (SSSR count). The van der Waals surface area contributed by atoms with Crippen molar-refractivity contribution >= 4 is 0 Å². The molecular formula is C15H24N2. The van der Waals surface area contributed by atoms with Crippen molar-refractivity contribution in [3.63, 3.8) is 0 Å². The second kappa shape index (κ2) is 6.18. The Labute approximate surface area is 105 Å². The molecule has 1 unspecified atom stereocenters. The average molecular weight is 232 g/mol. The molecule has 1 saturated heterocycles. The summed E-state index contributed by atoms with van der Waals surface area (Å²) >= 11 is 0. The number of aryl methyl sites for hydroxylation is 1. The van der Waals surface area contributed by atoms with E-state index in [-0.39, 0.29) is 0 Å². The van der Waals surface area contributed by atoms with Gasteiger partial charge in [-0.25, -0.2) is 0 Å². The van der Waals surface area contributed by atoms with Crippen molar-refractivity contribution in [2.75, 3.05) is 19.6 Å². The molecule has 1 aliphatic heterocycles. The highest BCUT2D eigenvalue weighted by Gasteiger charge is 2.23. The predicted molar refractivity (Wildman–Crippen MR) is 73.0 cm³/mol. The number of likely N-dealkylation sites (tertiary alicyclic amines) is 1. The van der Waals surface area contributed by atoms with E-state index in [2.05, 4.69) is 36.1 Å². The van der Waals surface area contributed by atoms with Crippen LogP contribution in [0.5, 0.6) is 0 Å². The predicted octanol–water partition coefficient (Wildman–Crippen LogP) is 2.87. The van der Waals surface area contributed by atoms with Crippen LogP contribution in [0.25, 0.3) is 0 Å². The molecule has 94 valence electrons. The van der Waals surface area contributed by atoms with E-state index in [4.69, 9.17) is 5.73 Å². The van der Waals surface area contributed by atoms with Crippen molar-refractivity contribution in [2.24, 2.45) is 5.73 Å². The summed E-state index contributed by atoms with van der Waals surface area (Å²) < 4.78 is 0. The van der Waals surface area contributed by atoms with Gasteiger partial charge < -0.3 is 5.73 Å². The van der Waals surface area contributed by atoms with Crippen LogP contribution in [0.1, 0.15) is 42.9 Å². The molecule has 0 amide bonds. The van der Waals surface area contributed by atoms with Crippen LogP contribution in [0.2, 0.25) is 0 Å². The summed E-state index contributed by atoms with van der Waals surface area (Å²) in [5.41, 5.74) is 8.59. The molecule has 0 aliphatic carbocycles. The Morgan fingerprint density at radius 2 is 1.94 bits per heavy atom. The molecule has 2 N–H and O–H groups in total. The zero-order valence-electron chi connectivity index (χ0n) is 10.9. The van der Waals surface area contributed by atoms with Crippen molar-refractivity contribution in [3.05, 3.63) is 35.4 Å². The van der Waals surface area contributed by atoms with Crippen LogP contribution in [0.15, 0.2) is 24.3 Å². The molecule has 1 aromatic rings. The smallest absolute Gasteiger partial charge is 0.0351 e. The van der Waals surface area contributed by atoms with Gasteiger partial charge in [0.15, 0.2) is 0 Å². The number of hydrogen-bond acceptors (Lipinski definition) is 2. The number of nitrogens with zero attached hydrogens (tertiary/aromatic N) is 1. The van der Waals surface area contributed by atoms with Crippen LogP contribution in [0.4, 0.5) is 0 Å². The van der Waals surface area contributed by atoms with Gasteiger partial charge in [0.2, 0.25) is 0 Å². The third-order valence-electron chi connectivity index (χ3n) is 3.81. The van der Waals surface area contributed by atoms with Crippen molar-refractivity contribution in [1.82, 2.24) is 4.90 Å². The number of hydrogen-bond donors (Lipinski definition) is 1. The largest absolute Gasteiger partial charge is 0.330 e. The molecule has 1 fully saturated rings. The van der Waals surface area contributed by atoms with Gasteiger partial charge in [-0.3, -0.25) is 4.90 Å². The highest BCUT2D eigenvalue weighted by molar-refractivity contribution is 5.29. The third-order valence-corrected chi connectivity index (χ3v) is 3.81. The Kier molecular flexibility index (Phi) is 4.57. The van der Waals surface area contributed by atoms with Gasteiger partial charge in [0.05, 0.1) is 0 Å². The van der Waals surface area contributed by atoms with Gasteiger partial charge in [-0.05, 0) is 63.4 Å². The van der Waals surface area contributed by atoms with Gasteiger partial charge in [0, 0.05) is 6.04 Å². The minimum Gasteiger partial charge on any atom is -0.330 e. The van der Waals surface area contributed by atoms with Crippen molar-refractivity contribution in [3.8, 4) is 0 Å². The minimum atomic E-state index is 0.585. The summed E-state index contributed by atoms with van der Waals surface area (Å²) in [6.07, 6.45) is 5.02. The molecule has 0 spiro atoms. The lowest BCUT2D eigenvalue weighted by Crippen LogP contribution is -2.26. The maximum Gasteiger partial charge on any atom is 0.0351 e. The summed E-state index contributed by atoms with van der Waals surface area (Å²) in [7, 11) is 0. The summed E-state index contributed by atoms with van der Waals surface area (Å²) in [5, 5.41) is 0. The van der Waals surface area contributed by atoms with Gasteiger partial charge in [0.25, 0.3) is 0 Å². The molecule has 0 radical (unpaired) electrons. The summed E-state index contributed by atoms with van der Waals surface area (Å²) in [6, 6.07) is 9.38. The lowest BCUT2D eigenvalue weighted by Gasteiger charge is -2.29. The third kappa shape index (κ3) is 3.08. The Bertz CT molecular complexity index is 343. The summed E-state index contributed by atoms with van der Waals surface area (Å²) in [4.78, 5) is 2.64. The van der Waals surface area contributed by atoms with Crippen molar-refractivity contribution in [2.45, 2.75) is 38.6 Å². The highest BCUT2D eigenvalue weighted by atomic mass is 15.2. The van der Waals surface area contributed by atoms with Crippen LogP contribution < -0.4 is 5.73 Å². The quantitative estimate of drug-likeness (QED) is 0.846. The lowest BCUT2D eigenvalue weighted by atomic mass is 9.96. The summed E-state index contributed by atoms with van der Waals surface area (Å²) in [6.45, 7) is 5.53. The molecule has 1 aliphatic rings. The van der Waals surface area contributed by atoms with Crippen LogP contribution in [-0.4, -0.2) is 24.5 Å². The minimum absolute atomic E-state index is 0.585. The highest BCUT2D eigenvalue weighted by Crippen LogP contribution is 2.30. The van der Waals surface area contributed by atoms with Crippen LogP contribution in [0, 0.1) is 6.92 Å². The van der Waals surface area contributed by atoms with Gasteiger partial charge >= 0.3 is 0 Å². The molecule has 0 aromatic heterocycles. The molecule has 1 aromatic carbocycles. The molecule has 2 nitrogen and oxygen atoms in total. The topological polar surface area (TPSA) is 29.3 Å². The van der Waals surface area contributed by atoms with Gasteiger partial charge in [-0.2, -0.15) is 0 Å². The first kappa shape index (κ1) is 12.6. The van der Waals surface area contributed by atoms with Gasteiger partial charge in [-0.15, -0.1) is 0 Å². The zero-order valence-corrected chi connectivity index (χ0v) is 10.9. The van der Waals surface area contributed by atoms with E-state index in [1.165, 1.54) is 43.5 Å². The Hall–Kier alpha value is -0.860. The molecular weight excluding hydrogens is 208 g/mol. The Morgan fingerprint density at radius 1 is 1.24 bits per heavy atom. The average Bonchev–Trinajstić information content (AvgIpc) is 2.85. The normalized spacial score (nSPS) is 18.5. The van der Waals surface area contributed by atoms with Crippen molar-refractivity contribution in [1.29, 1.82) is 0 Å². The Morgan fingerprint density at radius 3 is 2.59 bits per heavy atom. The number of nitrogens with two attached hydrogens (primary N) is 1. The van der Waals surface area contributed by atoms with Crippen LogP contribution >= 0.6 is 0 Å². The second-order valence-electron chi connectivity index (χ2n) is 5.05. The van der Waals surface area contributed by atoms with Crippen LogP contribution in [0.3, 0.4) is 0 Å². The van der Waals surface area contributed by atoms with E-state index in [1.54, 1.807) is 0 Å². The first-order chi connectivity index (χ1) is 8.33. The van der Waals surface area contributed by atoms with E-state index in [0.717, 1.165) is 13.0 Å². The number of rotatable bonds is 5. The fourth-order valence-electron chi connectivity index (χ4n) is 2.86. The SMILES string of the molecule is Cc1ccccc1C(CCCN)N1CCCC1. The zero-order chi connectivity index (χ0) is 12.1. The van der Waals surface area contributed by atoms with E-state index < -0.39 is 0 Å². The lowest BCUT2D eigenvalue weighted by molar-refractivity contribution is 0.230.